The molecule has 1 amide bonds. The smallest absolute Gasteiger partial charge is 0.284 e. The van der Waals surface area contributed by atoms with Crippen molar-refractivity contribution in [3.05, 3.63) is 88.1 Å². The molecular formula is C22H21N3OS2. The molecule has 0 saturated carbocycles. The second-order valence-corrected chi connectivity index (χ2v) is 8.43. The molecule has 1 aliphatic rings. The Kier molecular flexibility index (Phi) is 5.78. The minimum absolute atomic E-state index is 0.0449. The predicted octanol–water partition coefficient (Wildman–Crippen LogP) is 5.82. The second kappa shape index (κ2) is 8.63. The van der Waals surface area contributed by atoms with Gasteiger partial charge < -0.3 is 4.72 Å². The molecule has 0 bridgehead atoms. The van der Waals surface area contributed by atoms with E-state index in [1.165, 1.54) is 11.3 Å². The highest BCUT2D eigenvalue weighted by Crippen LogP contribution is 2.34. The van der Waals surface area contributed by atoms with E-state index in [4.69, 9.17) is 5.10 Å². The molecule has 1 unspecified atom stereocenters. The molecule has 6 heteroatoms. The molecule has 1 N–H and O–H groups in total. The van der Waals surface area contributed by atoms with Gasteiger partial charge in [-0.3, -0.25) is 4.79 Å². The number of thiophene rings is 1. The van der Waals surface area contributed by atoms with Crippen LogP contribution >= 0.6 is 23.3 Å². The minimum atomic E-state index is -0.0840. The molecular weight excluding hydrogens is 386 g/mol. The van der Waals surface area contributed by atoms with Gasteiger partial charge in [-0.15, -0.1) is 11.3 Å². The first-order valence-corrected chi connectivity index (χ1v) is 11.1. The van der Waals surface area contributed by atoms with Crippen LogP contribution in [0.15, 0.2) is 77.2 Å². The first-order valence-electron chi connectivity index (χ1n) is 9.24. The highest BCUT2D eigenvalue weighted by Gasteiger charge is 2.33. The summed E-state index contributed by atoms with van der Waals surface area (Å²) in [6, 6.07) is 22.1. The molecule has 0 fully saturated rings. The number of carbonyl (C=O) groups is 1. The van der Waals surface area contributed by atoms with Gasteiger partial charge in [0.2, 0.25) is 0 Å². The number of hydrogen-bond acceptors (Lipinski definition) is 5. The molecule has 4 nitrogen and oxygen atoms in total. The van der Waals surface area contributed by atoms with Crippen LogP contribution in [-0.2, 0) is 0 Å². The Balaban J connectivity index is 1.63. The molecule has 2 aromatic carbocycles. The lowest BCUT2D eigenvalue weighted by molar-refractivity contribution is 0.0716. The number of carbonyl (C=O) groups excluding carboxylic acids is 1. The van der Waals surface area contributed by atoms with Gasteiger partial charge in [-0.05, 0) is 34.7 Å². The van der Waals surface area contributed by atoms with Crippen molar-refractivity contribution in [2.45, 2.75) is 19.4 Å². The Morgan fingerprint density at radius 3 is 2.61 bits per heavy atom. The molecule has 4 rings (SSSR count). The quantitative estimate of drug-likeness (QED) is 0.524. The highest BCUT2D eigenvalue weighted by atomic mass is 32.2. The third kappa shape index (κ3) is 3.98. The molecule has 0 radical (unpaired) electrons. The predicted molar refractivity (Wildman–Crippen MR) is 119 cm³/mol. The maximum Gasteiger partial charge on any atom is 0.284 e. The number of nitrogens with one attached hydrogen (secondary N) is 1. The van der Waals surface area contributed by atoms with E-state index in [9.17, 15) is 4.79 Å². The van der Waals surface area contributed by atoms with Crippen molar-refractivity contribution in [2.75, 3.05) is 10.5 Å². The van der Waals surface area contributed by atoms with E-state index in [0.717, 1.165) is 28.3 Å². The first-order chi connectivity index (χ1) is 13.8. The molecule has 3 aromatic rings. The van der Waals surface area contributed by atoms with E-state index in [0.29, 0.717) is 11.3 Å². The van der Waals surface area contributed by atoms with Crippen molar-refractivity contribution in [3.63, 3.8) is 0 Å². The molecule has 0 saturated heterocycles. The third-order valence-corrected chi connectivity index (χ3v) is 6.11. The molecule has 0 aliphatic carbocycles. The fraction of sp³-hybridized carbons (Fsp3) is 0.182. The number of rotatable bonds is 6. The Bertz CT molecular complexity index is 953. The number of hydrogen-bond donors (Lipinski definition) is 1. The lowest BCUT2D eigenvalue weighted by Gasteiger charge is -2.21. The number of nitrogens with zero attached hydrogens (tertiary/aromatic N) is 2. The summed E-state index contributed by atoms with van der Waals surface area (Å²) >= 11 is 3.12. The maximum absolute atomic E-state index is 13.1. The second-order valence-electron chi connectivity index (χ2n) is 6.42. The molecule has 1 atom stereocenters. The number of anilines is 1. The molecule has 1 aromatic heterocycles. The average Bonchev–Trinajstić information content (AvgIpc) is 3.43. The molecule has 1 aliphatic heterocycles. The molecule has 2 heterocycles. The van der Waals surface area contributed by atoms with Gasteiger partial charge in [0, 0.05) is 17.9 Å². The SMILES string of the molecule is CCSNc1ccc(C2=NN(C(=O)c3cccs3)C(c3ccccc3)C2)cc1. The van der Waals surface area contributed by atoms with Crippen LogP contribution in [0, 0.1) is 0 Å². The summed E-state index contributed by atoms with van der Waals surface area (Å²) < 4.78 is 3.31. The molecule has 0 spiro atoms. The molecule has 28 heavy (non-hydrogen) atoms. The maximum atomic E-state index is 13.1. The monoisotopic (exact) mass is 407 g/mol. The summed E-state index contributed by atoms with van der Waals surface area (Å²) in [7, 11) is 0. The van der Waals surface area contributed by atoms with Crippen LogP contribution in [0.25, 0.3) is 0 Å². The van der Waals surface area contributed by atoms with Crippen LogP contribution in [0.2, 0.25) is 0 Å². The van der Waals surface area contributed by atoms with Gasteiger partial charge in [0.15, 0.2) is 0 Å². The van der Waals surface area contributed by atoms with Crippen LogP contribution in [0.4, 0.5) is 5.69 Å². The number of hydrazone groups is 1. The Morgan fingerprint density at radius 1 is 1.14 bits per heavy atom. The van der Waals surface area contributed by atoms with Crippen molar-refractivity contribution in [2.24, 2.45) is 5.10 Å². The molecule has 142 valence electrons. The van der Waals surface area contributed by atoms with Crippen LogP contribution in [0.3, 0.4) is 0 Å². The van der Waals surface area contributed by atoms with Crippen molar-refractivity contribution < 1.29 is 4.79 Å². The standard InChI is InChI=1S/C22H21N3OS2/c1-2-28-24-18-12-10-16(11-13-18)19-15-20(17-7-4-3-5-8-17)25(23-19)22(26)21-9-6-14-27-21/h3-14,20,24H,2,15H2,1H3. The lowest BCUT2D eigenvalue weighted by Crippen LogP contribution is -2.26. The lowest BCUT2D eigenvalue weighted by atomic mass is 9.98. The van der Waals surface area contributed by atoms with Gasteiger partial charge in [0.1, 0.15) is 0 Å². The van der Waals surface area contributed by atoms with Gasteiger partial charge >= 0.3 is 0 Å². The van der Waals surface area contributed by atoms with Gasteiger partial charge in [0.05, 0.1) is 16.6 Å². The van der Waals surface area contributed by atoms with Gasteiger partial charge in [-0.25, -0.2) is 5.01 Å². The van der Waals surface area contributed by atoms with Crippen LogP contribution in [0.5, 0.6) is 0 Å². The van der Waals surface area contributed by atoms with E-state index >= 15 is 0 Å². The first kappa shape index (κ1) is 18.8. The summed E-state index contributed by atoms with van der Waals surface area (Å²) in [4.78, 5) is 13.8. The van der Waals surface area contributed by atoms with E-state index < -0.39 is 0 Å². The van der Waals surface area contributed by atoms with Crippen LogP contribution in [0.1, 0.15) is 40.2 Å². The van der Waals surface area contributed by atoms with Gasteiger partial charge in [0.25, 0.3) is 5.91 Å². The normalized spacial score (nSPS) is 16.1. The van der Waals surface area contributed by atoms with Crippen molar-refractivity contribution in [1.82, 2.24) is 5.01 Å². The van der Waals surface area contributed by atoms with E-state index in [2.05, 4.69) is 48.0 Å². The summed E-state index contributed by atoms with van der Waals surface area (Å²) in [6.45, 7) is 2.11. The van der Waals surface area contributed by atoms with E-state index in [1.54, 1.807) is 17.0 Å². The summed E-state index contributed by atoms with van der Waals surface area (Å²) in [5.74, 6) is 0.962. The highest BCUT2D eigenvalue weighted by molar-refractivity contribution is 8.00. The van der Waals surface area contributed by atoms with Crippen molar-refractivity contribution in [1.29, 1.82) is 0 Å². The van der Waals surface area contributed by atoms with Gasteiger partial charge in [-0.1, -0.05) is 67.4 Å². The zero-order valence-electron chi connectivity index (χ0n) is 15.5. The van der Waals surface area contributed by atoms with Crippen molar-refractivity contribution in [3.8, 4) is 0 Å². The van der Waals surface area contributed by atoms with Crippen LogP contribution < -0.4 is 4.72 Å². The Hall–Kier alpha value is -2.57. The van der Waals surface area contributed by atoms with E-state index in [1.807, 2.05) is 35.7 Å². The Labute approximate surface area is 173 Å². The number of benzene rings is 2. The van der Waals surface area contributed by atoms with Gasteiger partial charge in [-0.2, -0.15) is 5.10 Å². The minimum Gasteiger partial charge on any atom is -0.330 e. The summed E-state index contributed by atoms with van der Waals surface area (Å²) in [6.07, 6.45) is 0.706. The zero-order valence-corrected chi connectivity index (χ0v) is 17.2. The Morgan fingerprint density at radius 2 is 1.93 bits per heavy atom. The summed E-state index contributed by atoms with van der Waals surface area (Å²) in [5.41, 5.74) is 4.16. The average molecular weight is 408 g/mol. The summed E-state index contributed by atoms with van der Waals surface area (Å²) in [5, 5.41) is 8.32. The van der Waals surface area contributed by atoms with Crippen LogP contribution in [-0.4, -0.2) is 22.4 Å². The third-order valence-electron chi connectivity index (χ3n) is 4.59. The fourth-order valence-electron chi connectivity index (χ4n) is 3.21. The van der Waals surface area contributed by atoms with E-state index in [-0.39, 0.29) is 11.9 Å². The topological polar surface area (TPSA) is 44.7 Å². The largest absolute Gasteiger partial charge is 0.330 e. The fourth-order valence-corrected chi connectivity index (χ4v) is 4.31. The van der Waals surface area contributed by atoms with Crippen molar-refractivity contribution >= 4 is 40.6 Å². The number of amides is 1. The zero-order chi connectivity index (χ0) is 19.3.